The van der Waals surface area contributed by atoms with Crippen molar-refractivity contribution >= 4 is 5.91 Å². The number of amides is 1. The lowest BCUT2D eigenvalue weighted by atomic mass is 9.98. The third-order valence-electron chi connectivity index (χ3n) is 5.81. The lowest BCUT2D eigenvalue weighted by Crippen LogP contribution is -2.46. The summed E-state index contributed by atoms with van der Waals surface area (Å²) in [4.78, 5) is 40.0. The van der Waals surface area contributed by atoms with Gasteiger partial charge in [0.15, 0.2) is 11.5 Å². The molecule has 0 atom stereocenters. The number of hydrogen-bond donors (Lipinski definition) is 0. The van der Waals surface area contributed by atoms with Gasteiger partial charge >= 0.3 is 5.69 Å². The average Bonchev–Trinajstić information content (AvgIpc) is 3.25. The van der Waals surface area contributed by atoms with Gasteiger partial charge in [0.2, 0.25) is 5.91 Å². The molecule has 4 rings (SSSR count). The molecule has 30 heavy (non-hydrogen) atoms. The molecule has 0 N–H and O–H groups in total. The van der Waals surface area contributed by atoms with Crippen molar-refractivity contribution in [3.63, 3.8) is 0 Å². The smallest absolute Gasteiger partial charge is 0.331 e. The normalized spacial score (nSPS) is 14.6. The zero-order valence-corrected chi connectivity index (χ0v) is 16.9. The van der Waals surface area contributed by atoms with Crippen LogP contribution in [0.1, 0.15) is 28.8 Å². The molecule has 156 valence electrons. The second-order valence-corrected chi connectivity index (χ2v) is 7.40. The van der Waals surface area contributed by atoms with Crippen LogP contribution in [0.25, 0.3) is 0 Å². The molecule has 1 amide bonds. The van der Waals surface area contributed by atoms with Gasteiger partial charge in [-0.05, 0) is 42.5 Å². The molecule has 0 bridgehead atoms. The van der Waals surface area contributed by atoms with E-state index in [1.165, 1.54) is 4.57 Å². The number of aromatic nitrogens is 2. The van der Waals surface area contributed by atoms with E-state index in [1.54, 1.807) is 19.1 Å². The van der Waals surface area contributed by atoms with Crippen molar-refractivity contribution in [2.75, 3.05) is 20.8 Å². The van der Waals surface area contributed by atoms with Crippen LogP contribution < -0.4 is 20.7 Å². The molecule has 0 unspecified atom stereocenters. The monoisotopic (exact) mass is 410 g/mol. The van der Waals surface area contributed by atoms with E-state index < -0.39 is 11.2 Å². The van der Waals surface area contributed by atoms with Crippen molar-refractivity contribution in [2.24, 2.45) is 0 Å². The van der Waals surface area contributed by atoms with Crippen LogP contribution in [0.3, 0.4) is 0 Å². The lowest BCUT2D eigenvalue weighted by molar-refractivity contribution is -0.132. The maximum Gasteiger partial charge on any atom is 0.331 e. The summed E-state index contributed by atoms with van der Waals surface area (Å²) >= 11 is 0. The zero-order chi connectivity index (χ0) is 21.4. The summed E-state index contributed by atoms with van der Waals surface area (Å²) < 4.78 is 13.0. The Morgan fingerprint density at radius 1 is 1.10 bits per heavy atom. The van der Waals surface area contributed by atoms with Crippen LogP contribution in [-0.4, -0.2) is 40.7 Å². The van der Waals surface area contributed by atoms with Crippen molar-refractivity contribution in [3.05, 3.63) is 55.4 Å². The average molecular weight is 410 g/mol. The summed E-state index contributed by atoms with van der Waals surface area (Å²) in [7, 11) is 3.13. The van der Waals surface area contributed by atoms with Gasteiger partial charge in [-0.25, -0.2) is 9.36 Å². The number of nitriles is 1. The van der Waals surface area contributed by atoms with Gasteiger partial charge in [0.1, 0.15) is 18.2 Å². The van der Waals surface area contributed by atoms with Crippen molar-refractivity contribution in [3.8, 4) is 17.6 Å². The third-order valence-corrected chi connectivity index (χ3v) is 5.81. The first-order chi connectivity index (χ1) is 14.5. The molecule has 2 aromatic rings. The molecule has 2 aliphatic heterocycles. The Hall–Kier alpha value is -3.54. The van der Waals surface area contributed by atoms with Crippen LogP contribution in [0.4, 0.5) is 0 Å². The van der Waals surface area contributed by atoms with Crippen molar-refractivity contribution in [1.82, 2.24) is 14.0 Å². The van der Waals surface area contributed by atoms with Gasteiger partial charge < -0.3 is 14.4 Å². The highest BCUT2D eigenvalue weighted by Gasteiger charge is 2.27. The number of ether oxygens (including phenoxy) is 2. The second-order valence-electron chi connectivity index (χ2n) is 7.40. The van der Waals surface area contributed by atoms with E-state index in [0.29, 0.717) is 56.1 Å². The van der Waals surface area contributed by atoms with E-state index in [1.807, 2.05) is 18.2 Å². The molecule has 1 aromatic heterocycles. The lowest BCUT2D eigenvalue weighted by Gasteiger charge is -2.30. The SMILES string of the molecule is COc1cc2c(cc1OC)CN(C(=O)Cn1c(=O)c(C#N)c3n(c1=O)CCC3)CC2. The topological polar surface area (TPSA) is 107 Å². The summed E-state index contributed by atoms with van der Waals surface area (Å²) in [5.41, 5.74) is 1.22. The Morgan fingerprint density at radius 3 is 2.47 bits per heavy atom. The highest BCUT2D eigenvalue weighted by Crippen LogP contribution is 2.33. The van der Waals surface area contributed by atoms with E-state index in [0.717, 1.165) is 15.7 Å². The van der Waals surface area contributed by atoms with Gasteiger partial charge in [-0.1, -0.05) is 0 Å². The van der Waals surface area contributed by atoms with E-state index in [-0.39, 0.29) is 18.0 Å². The van der Waals surface area contributed by atoms with Crippen molar-refractivity contribution in [1.29, 1.82) is 5.26 Å². The molecule has 1 aromatic carbocycles. The van der Waals surface area contributed by atoms with Crippen LogP contribution in [0.5, 0.6) is 11.5 Å². The predicted octanol–water partition coefficient (Wildman–Crippen LogP) is 0.430. The highest BCUT2D eigenvalue weighted by atomic mass is 16.5. The highest BCUT2D eigenvalue weighted by molar-refractivity contribution is 5.76. The summed E-state index contributed by atoms with van der Waals surface area (Å²) in [5.74, 6) is 0.882. The summed E-state index contributed by atoms with van der Waals surface area (Å²) in [6.45, 7) is 0.888. The minimum Gasteiger partial charge on any atom is -0.493 e. The number of carbonyl (C=O) groups excluding carboxylic acids is 1. The molecule has 9 nitrogen and oxygen atoms in total. The Balaban J connectivity index is 1.62. The molecule has 0 saturated heterocycles. The predicted molar refractivity (Wildman–Crippen MR) is 107 cm³/mol. The van der Waals surface area contributed by atoms with Crippen LogP contribution in [0.15, 0.2) is 21.7 Å². The van der Waals surface area contributed by atoms with E-state index in [9.17, 15) is 19.6 Å². The molecule has 0 radical (unpaired) electrons. The maximum absolute atomic E-state index is 12.9. The number of methoxy groups -OCH3 is 2. The number of fused-ring (bicyclic) bond motifs is 2. The molecule has 3 heterocycles. The fraction of sp³-hybridized carbons (Fsp3) is 0.429. The number of nitrogens with zero attached hydrogens (tertiary/aromatic N) is 4. The Labute approximate surface area is 172 Å². The summed E-state index contributed by atoms with van der Waals surface area (Å²) in [6.07, 6.45) is 1.86. The van der Waals surface area contributed by atoms with Gasteiger partial charge in [0.25, 0.3) is 5.56 Å². The molecule has 0 spiro atoms. The van der Waals surface area contributed by atoms with Crippen LogP contribution in [-0.2, 0) is 37.3 Å². The minimum atomic E-state index is -0.687. The van der Waals surface area contributed by atoms with Gasteiger partial charge in [0.05, 0.1) is 14.2 Å². The molecule has 0 aliphatic carbocycles. The third kappa shape index (κ3) is 3.14. The quantitative estimate of drug-likeness (QED) is 0.724. The summed E-state index contributed by atoms with van der Waals surface area (Å²) in [6, 6.07) is 5.66. The molecule has 0 saturated carbocycles. The fourth-order valence-corrected chi connectivity index (χ4v) is 4.22. The van der Waals surface area contributed by atoms with Gasteiger partial charge in [-0.2, -0.15) is 5.26 Å². The second kappa shape index (κ2) is 7.71. The van der Waals surface area contributed by atoms with Crippen molar-refractivity contribution in [2.45, 2.75) is 38.9 Å². The molecular formula is C21H22N4O5. The number of rotatable bonds is 4. The van der Waals surface area contributed by atoms with Gasteiger partial charge in [-0.15, -0.1) is 0 Å². The van der Waals surface area contributed by atoms with Crippen molar-refractivity contribution < 1.29 is 14.3 Å². The fourth-order valence-electron chi connectivity index (χ4n) is 4.22. The van der Waals surface area contributed by atoms with Crippen LogP contribution >= 0.6 is 0 Å². The number of benzene rings is 1. The van der Waals surface area contributed by atoms with Gasteiger partial charge in [-0.3, -0.25) is 14.2 Å². The Bertz CT molecular complexity index is 1190. The number of hydrogen-bond acceptors (Lipinski definition) is 6. The van der Waals surface area contributed by atoms with Crippen LogP contribution in [0.2, 0.25) is 0 Å². The van der Waals surface area contributed by atoms with Gasteiger partial charge in [0, 0.05) is 25.3 Å². The summed E-state index contributed by atoms with van der Waals surface area (Å²) in [5, 5.41) is 9.39. The first-order valence-electron chi connectivity index (χ1n) is 9.76. The first-order valence-corrected chi connectivity index (χ1v) is 9.76. The first kappa shape index (κ1) is 19.8. The maximum atomic E-state index is 12.9. The molecular weight excluding hydrogens is 388 g/mol. The molecule has 0 fully saturated rings. The largest absolute Gasteiger partial charge is 0.493 e. The van der Waals surface area contributed by atoms with E-state index in [2.05, 4.69) is 0 Å². The molecule has 9 heteroatoms. The molecule has 2 aliphatic rings. The Morgan fingerprint density at radius 2 is 1.80 bits per heavy atom. The Kier molecular flexibility index (Phi) is 5.08. The zero-order valence-electron chi connectivity index (χ0n) is 16.9. The minimum absolute atomic E-state index is 0.0410. The van der Waals surface area contributed by atoms with E-state index >= 15 is 0 Å². The standard InChI is InChI=1S/C21H22N4O5/c1-29-17-8-13-5-7-23(11-14(13)9-18(17)30-2)19(26)12-25-20(27)15(10-22)16-4-3-6-24(16)21(25)28/h8-9H,3-7,11-12H2,1-2H3. The van der Waals surface area contributed by atoms with E-state index in [4.69, 9.17) is 9.47 Å². The number of carbonyl (C=O) groups is 1. The van der Waals surface area contributed by atoms with Crippen LogP contribution in [0, 0.1) is 11.3 Å².